The summed E-state index contributed by atoms with van der Waals surface area (Å²) in [7, 11) is 0. The van der Waals surface area contributed by atoms with Crippen LogP contribution in [0.1, 0.15) is 21.6 Å². The Bertz CT molecular complexity index is 924. The van der Waals surface area contributed by atoms with Gasteiger partial charge >= 0.3 is 0 Å². The first-order valence-electron chi connectivity index (χ1n) is 8.48. The van der Waals surface area contributed by atoms with Crippen LogP contribution in [0.3, 0.4) is 0 Å². The quantitative estimate of drug-likeness (QED) is 0.725. The minimum atomic E-state index is -0.497. The number of ether oxygens (including phenoxy) is 1. The van der Waals surface area contributed by atoms with Crippen molar-refractivity contribution in [2.24, 2.45) is 0 Å². The smallest absolute Gasteiger partial charge is 0.257 e. The van der Waals surface area contributed by atoms with E-state index in [2.05, 4.69) is 5.10 Å². The number of benzene rings is 2. The molecule has 0 unspecified atom stereocenters. The summed E-state index contributed by atoms with van der Waals surface area (Å²) >= 11 is 0. The zero-order valence-electron chi connectivity index (χ0n) is 14.1. The van der Waals surface area contributed by atoms with Gasteiger partial charge in [-0.15, -0.1) is 5.10 Å². The van der Waals surface area contributed by atoms with Crippen molar-refractivity contribution in [1.82, 2.24) is 14.7 Å². The molecule has 0 saturated carbocycles. The number of hydrogen-bond donors (Lipinski definition) is 0. The van der Waals surface area contributed by atoms with Gasteiger partial charge in [0.05, 0.1) is 24.3 Å². The van der Waals surface area contributed by atoms with E-state index in [0.717, 1.165) is 11.3 Å². The predicted molar refractivity (Wildman–Crippen MR) is 94.1 cm³/mol. The van der Waals surface area contributed by atoms with Crippen LogP contribution in [0.25, 0.3) is 0 Å². The van der Waals surface area contributed by atoms with Gasteiger partial charge in [0.15, 0.2) is 0 Å². The molecule has 0 fully saturated rings. The highest BCUT2D eigenvalue weighted by Gasteiger charge is 2.25. The number of halogens is 1. The highest BCUT2D eigenvalue weighted by atomic mass is 19.1. The van der Waals surface area contributed by atoms with Crippen LogP contribution >= 0.6 is 0 Å². The molecular weight excluding hydrogens is 333 g/mol. The standard InChI is InChI=1S/C20H18FN3O2/c21-18-9-5-4-8-17(18)20(25)23-10-11-24-16(13-23)12-19(22-24)26-14-15-6-2-1-3-7-15/h1-9,12H,10-11,13-14H2. The van der Waals surface area contributed by atoms with E-state index >= 15 is 0 Å². The minimum absolute atomic E-state index is 0.0982. The number of fused-ring (bicyclic) bond motifs is 1. The topological polar surface area (TPSA) is 47.4 Å². The third-order valence-electron chi connectivity index (χ3n) is 4.40. The number of carbonyl (C=O) groups excluding carboxylic acids is 1. The molecule has 1 aliphatic heterocycles. The first kappa shape index (κ1) is 16.3. The number of carbonyl (C=O) groups is 1. The number of rotatable bonds is 4. The molecule has 0 bridgehead atoms. The fourth-order valence-electron chi connectivity index (χ4n) is 3.02. The molecule has 132 valence electrons. The first-order valence-corrected chi connectivity index (χ1v) is 8.48. The molecule has 0 saturated heterocycles. The zero-order valence-corrected chi connectivity index (χ0v) is 14.1. The number of nitrogens with zero attached hydrogens (tertiary/aromatic N) is 3. The average molecular weight is 351 g/mol. The monoisotopic (exact) mass is 351 g/mol. The maximum atomic E-state index is 13.9. The van der Waals surface area contributed by atoms with Crippen molar-refractivity contribution in [3.63, 3.8) is 0 Å². The lowest BCUT2D eigenvalue weighted by atomic mass is 10.1. The van der Waals surface area contributed by atoms with E-state index in [-0.39, 0.29) is 11.5 Å². The first-order chi connectivity index (χ1) is 12.7. The molecule has 0 spiro atoms. The second kappa shape index (κ2) is 7.00. The fourth-order valence-corrected chi connectivity index (χ4v) is 3.02. The van der Waals surface area contributed by atoms with Gasteiger partial charge in [-0.25, -0.2) is 4.39 Å². The molecule has 2 aromatic carbocycles. The predicted octanol–water partition coefficient (Wildman–Crippen LogP) is 3.26. The molecule has 1 aliphatic rings. The Balaban J connectivity index is 1.45. The Morgan fingerprint density at radius 3 is 2.65 bits per heavy atom. The van der Waals surface area contributed by atoms with Crippen LogP contribution in [0.15, 0.2) is 60.7 Å². The van der Waals surface area contributed by atoms with Crippen molar-refractivity contribution in [1.29, 1.82) is 0 Å². The number of amides is 1. The lowest BCUT2D eigenvalue weighted by molar-refractivity contribution is 0.0701. The van der Waals surface area contributed by atoms with Crippen molar-refractivity contribution in [2.45, 2.75) is 19.7 Å². The summed E-state index contributed by atoms with van der Waals surface area (Å²) in [4.78, 5) is 14.2. The summed E-state index contributed by atoms with van der Waals surface area (Å²) < 4.78 is 21.5. The molecule has 26 heavy (non-hydrogen) atoms. The molecule has 0 radical (unpaired) electrons. The molecule has 1 aromatic heterocycles. The van der Waals surface area contributed by atoms with E-state index < -0.39 is 5.82 Å². The Morgan fingerprint density at radius 1 is 1.08 bits per heavy atom. The Kier molecular flexibility index (Phi) is 4.39. The fraction of sp³-hybridized carbons (Fsp3) is 0.200. The van der Waals surface area contributed by atoms with Crippen LogP contribution in [0.2, 0.25) is 0 Å². The Morgan fingerprint density at radius 2 is 1.85 bits per heavy atom. The summed E-state index contributed by atoms with van der Waals surface area (Å²) in [5.74, 6) is -0.269. The van der Waals surface area contributed by atoms with Gasteiger partial charge < -0.3 is 9.64 Å². The van der Waals surface area contributed by atoms with E-state index in [4.69, 9.17) is 4.74 Å². The molecule has 3 aromatic rings. The average Bonchev–Trinajstić information content (AvgIpc) is 3.09. The van der Waals surface area contributed by atoms with Crippen molar-refractivity contribution < 1.29 is 13.9 Å². The van der Waals surface area contributed by atoms with E-state index in [1.165, 1.54) is 12.1 Å². The van der Waals surface area contributed by atoms with Crippen LogP contribution in [-0.4, -0.2) is 27.1 Å². The summed E-state index contributed by atoms with van der Waals surface area (Å²) in [6.07, 6.45) is 0. The maximum Gasteiger partial charge on any atom is 0.257 e. The van der Waals surface area contributed by atoms with Crippen molar-refractivity contribution in [3.05, 3.63) is 83.3 Å². The summed E-state index contributed by atoms with van der Waals surface area (Å²) in [6, 6.07) is 17.8. The highest BCUT2D eigenvalue weighted by molar-refractivity contribution is 5.94. The van der Waals surface area contributed by atoms with E-state index in [0.29, 0.717) is 32.1 Å². The van der Waals surface area contributed by atoms with Crippen LogP contribution in [0.4, 0.5) is 4.39 Å². The number of aromatic nitrogens is 2. The Hall–Kier alpha value is -3.15. The van der Waals surface area contributed by atoms with Crippen molar-refractivity contribution >= 4 is 5.91 Å². The van der Waals surface area contributed by atoms with Gasteiger partial charge in [-0.2, -0.15) is 0 Å². The van der Waals surface area contributed by atoms with Gasteiger partial charge in [0.2, 0.25) is 5.88 Å². The second-order valence-electron chi connectivity index (χ2n) is 6.18. The lowest BCUT2D eigenvalue weighted by Gasteiger charge is -2.27. The molecule has 1 amide bonds. The normalized spacial score (nSPS) is 13.3. The van der Waals surface area contributed by atoms with E-state index in [9.17, 15) is 9.18 Å². The third kappa shape index (κ3) is 3.31. The van der Waals surface area contributed by atoms with E-state index in [1.807, 2.05) is 41.1 Å². The molecule has 0 N–H and O–H groups in total. The largest absolute Gasteiger partial charge is 0.472 e. The number of hydrogen-bond acceptors (Lipinski definition) is 3. The molecule has 6 heteroatoms. The van der Waals surface area contributed by atoms with Crippen molar-refractivity contribution in [2.75, 3.05) is 6.54 Å². The molecule has 2 heterocycles. The van der Waals surface area contributed by atoms with Crippen LogP contribution in [0, 0.1) is 5.82 Å². The second-order valence-corrected chi connectivity index (χ2v) is 6.18. The Labute approximate surface area is 150 Å². The highest BCUT2D eigenvalue weighted by Crippen LogP contribution is 2.21. The van der Waals surface area contributed by atoms with E-state index in [1.54, 1.807) is 17.0 Å². The summed E-state index contributed by atoms with van der Waals surface area (Å²) in [6.45, 7) is 1.87. The molecule has 5 nitrogen and oxygen atoms in total. The van der Waals surface area contributed by atoms with Gasteiger partial charge in [-0.05, 0) is 17.7 Å². The third-order valence-corrected chi connectivity index (χ3v) is 4.40. The van der Waals surface area contributed by atoms with Gasteiger partial charge in [0.1, 0.15) is 12.4 Å². The zero-order chi connectivity index (χ0) is 17.9. The summed E-state index contributed by atoms with van der Waals surface area (Å²) in [5, 5.41) is 4.43. The van der Waals surface area contributed by atoms with Gasteiger partial charge in [0, 0.05) is 12.6 Å². The lowest BCUT2D eigenvalue weighted by Crippen LogP contribution is -2.38. The van der Waals surface area contributed by atoms with Gasteiger partial charge in [0.25, 0.3) is 5.91 Å². The van der Waals surface area contributed by atoms with Gasteiger partial charge in [-0.1, -0.05) is 42.5 Å². The molecular formula is C20H18FN3O2. The minimum Gasteiger partial charge on any atom is -0.472 e. The summed E-state index contributed by atoms with van der Waals surface area (Å²) in [5.41, 5.74) is 2.04. The van der Waals surface area contributed by atoms with Crippen LogP contribution in [-0.2, 0) is 19.7 Å². The van der Waals surface area contributed by atoms with Crippen LogP contribution in [0.5, 0.6) is 5.88 Å². The molecule has 0 atom stereocenters. The van der Waals surface area contributed by atoms with Crippen LogP contribution < -0.4 is 4.74 Å². The molecule has 4 rings (SSSR count). The van der Waals surface area contributed by atoms with Crippen molar-refractivity contribution in [3.8, 4) is 5.88 Å². The SMILES string of the molecule is O=C(c1ccccc1F)N1CCn2nc(OCc3ccccc3)cc2C1. The van der Waals surface area contributed by atoms with Gasteiger partial charge in [-0.3, -0.25) is 9.48 Å². The maximum absolute atomic E-state index is 13.9. The molecule has 0 aliphatic carbocycles.